The number of hydrogen-bond donors (Lipinski definition) is 0. The maximum atomic E-state index is 2.54. The van der Waals surface area contributed by atoms with Gasteiger partial charge in [-0.25, -0.2) is 0 Å². The number of allylic oxidation sites excluding steroid dienone is 4. The Balaban J connectivity index is 2.08. The van der Waals surface area contributed by atoms with Crippen molar-refractivity contribution in [1.82, 2.24) is 0 Å². The molecule has 0 nitrogen and oxygen atoms in total. The molecular formula is C18H30. The van der Waals surface area contributed by atoms with Crippen LogP contribution in [0.2, 0.25) is 0 Å². The summed E-state index contributed by atoms with van der Waals surface area (Å²) in [6.45, 7) is 9.75. The lowest BCUT2D eigenvalue weighted by atomic mass is 9.66. The van der Waals surface area contributed by atoms with Crippen molar-refractivity contribution < 1.29 is 0 Å². The molecule has 0 fully saturated rings. The molecule has 0 aliphatic heterocycles. The minimum atomic E-state index is 0.443. The van der Waals surface area contributed by atoms with Gasteiger partial charge in [0, 0.05) is 0 Å². The first-order valence-electron chi connectivity index (χ1n) is 7.86. The first-order valence-corrected chi connectivity index (χ1v) is 7.86. The number of hydrogen-bond acceptors (Lipinski definition) is 0. The Hall–Kier alpha value is -0.520. The smallest absolute Gasteiger partial charge is 0.0151 e. The van der Waals surface area contributed by atoms with Crippen LogP contribution in [-0.4, -0.2) is 0 Å². The van der Waals surface area contributed by atoms with Crippen LogP contribution in [0.4, 0.5) is 0 Å². The molecule has 0 heterocycles. The Bertz CT molecular complexity index is 343. The van der Waals surface area contributed by atoms with Gasteiger partial charge in [0.1, 0.15) is 0 Å². The highest BCUT2D eigenvalue weighted by Crippen LogP contribution is 2.45. The molecule has 0 saturated carbocycles. The van der Waals surface area contributed by atoms with Crippen molar-refractivity contribution in [2.45, 2.75) is 72.6 Å². The molecule has 1 unspecified atom stereocenters. The van der Waals surface area contributed by atoms with Crippen LogP contribution in [0.1, 0.15) is 72.6 Å². The maximum absolute atomic E-state index is 2.54. The summed E-state index contributed by atoms with van der Waals surface area (Å²) < 4.78 is 0. The summed E-state index contributed by atoms with van der Waals surface area (Å²) in [7, 11) is 0. The van der Waals surface area contributed by atoms with E-state index in [2.05, 4.69) is 39.8 Å². The second-order valence-corrected chi connectivity index (χ2v) is 7.21. The van der Waals surface area contributed by atoms with E-state index in [9.17, 15) is 0 Å². The molecule has 18 heavy (non-hydrogen) atoms. The Kier molecular flexibility index (Phi) is 4.35. The first-order chi connectivity index (χ1) is 8.50. The molecular weight excluding hydrogens is 216 g/mol. The zero-order valence-electron chi connectivity index (χ0n) is 12.8. The van der Waals surface area contributed by atoms with Gasteiger partial charge in [0.2, 0.25) is 0 Å². The molecule has 0 spiro atoms. The van der Waals surface area contributed by atoms with Crippen LogP contribution >= 0.6 is 0 Å². The Labute approximate surface area is 114 Å². The summed E-state index contributed by atoms with van der Waals surface area (Å²) in [5.41, 5.74) is 3.83. The highest BCUT2D eigenvalue weighted by Gasteiger charge is 2.33. The first kappa shape index (κ1) is 13.9. The van der Waals surface area contributed by atoms with Crippen molar-refractivity contribution >= 4 is 0 Å². The minimum Gasteiger partial charge on any atom is -0.0853 e. The summed E-state index contributed by atoms with van der Waals surface area (Å²) in [4.78, 5) is 0. The normalized spacial score (nSPS) is 29.8. The highest BCUT2D eigenvalue weighted by molar-refractivity contribution is 5.16. The zero-order valence-corrected chi connectivity index (χ0v) is 12.8. The van der Waals surface area contributed by atoms with Gasteiger partial charge in [0.05, 0.1) is 0 Å². The summed E-state index contributed by atoms with van der Waals surface area (Å²) in [5.74, 6) is 1.63. The molecule has 0 radical (unpaired) electrons. The summed E-state index contributed by atoms with van der Waals surface area (Å²) >= 11 is 0. The van der Waals surface area contributed by atoms with Crippen LogP contribution < -0.4 is 0 Å². The van der Waals surface area contributed by atoms with E-state index in [1.807, 2.05) is 0 Å². The molecule has 2 rings (SSSR count). The lowest BCUT2D eigenvalue weighted by Crippen LogP contribution is -2.28. The van der Waals surface area contributed by atoms with Crippen LogP contribution in [-0.2, 0) is 0 Å². The fourth-order valence-electron chi connectivity index (χ4n) is 4.02. The minimum absolute atomic E-state index is 0.443. The third kappa shape index (κ3) is 3.08. The van der Waals surface area contributed by atoms with Crippen LogP contribution in [0.3, 0.4) is 0 Å². The monoisotopic (exact) mass is 246 g/mol. The van der Waals surface area contributed by atoms with Crippen molar-refractivity contribution in [1.29, 1.82) is 0 Å². The molecule has 0 amide bonds. The lowest BCUT2D eigenvalue weighted by molar-refractivity contribution is 0.214. The molecule has 0 N–H and O–H groups in total. The van der Waals surface area contributed by atoms with E-state index in [1.165, 1.54) is 44.9 Å². The molecule has 102 valence electrons. The molecule has 0 aromatic heterocycles. The second-order valence-electron chi connectivity index (χ2n) is 7.21. The Morgan fingerprint density at radius 1 is 1.11 bits per heavy atom. The summed E-state index contributed by atoms with van der Waals surface area (Å²) in [6, 6.07) is 0. The van der Waals surface area contributed by atoms with Crippen molar-refractivity contribution in [3.8, 4) is 0 Å². The topological polar surface area (TPSA) is 0 Å². The van der Waals surface area contributed by atoms with Crippen molar-refractivity contribution in [3.63, 3.8) is 0 Å². The van der Waals surface area contributed by atoms with Crippen LogP contribution in [0.15, 0.2) is 23.3 Å². The van der Waals surface area contributed by atoms with Crippen LogP contribution in [0.5, 0.6) is 0 Å². The summed E-state index contributed by atoms with van der Waals surface area (Å²) in [6.07, 6.45) is 14.5. The van der Waals surface area contributed by atoms with E-state index in [1.54, 1.807) is 11.1 Å². The average Bonchev–Trinajstić information content (AvgIpc) is 2.32. The van der Waals surface area contributed by atoms with Gasteiger partial charge in [-0.05, 0) is 69.1 Å². The molecule has 0 saturated heterocycles. The third-order valence-corrected chi connectivity index (χ3v) is 5.20. The van der Waals surface area contributed by atoms with Gasteiger partial charge < -0.3 is 0 Å². The number of rotatable bonds is 3. The molecule has 0 bridgehead atoms. The van der Waals surface area contributed by atoms with Crippen molar-refractivity contribution in [2.24, 2.45) is 17.3 Å². The standard InChI is InChI=1S/C18H30/c1-14-9-5-7-11-16(14)13-18(3,4)17-12-8-6-10-15(17)2/h10-11,14,17H,5-9,12-13H2,1-4H3/t14-,17?/m1/s1. The quantitative estimate of drug-likeness (QED) is 0.544. The van der Waals surface area contributed by atoms with Gasteiger partial charge in [0.25, 0.3) is 0 Å². The van der Waals surface area contributed by atoms with Gasteiger partial charge >= 0.3 is 0 Å². The SMILES string of the molecule is CC1=CCCCC1C(C)(C)CC1=CCCC[C@H]1C. The Morgan fingerprint density at radius 3 is 2.44 bits per heavy atom. The molecule has 0 heteroatoms. The maximum Gasteiger partial charge on any atom is -0.0151 e. The van der Waals surface area contributed by atoms with Gasteiger partial charge in [-0.2, -0.15) is 0 Å². The molecule has 0 aromatic rings. The Morgan fingerprint density at radius 2 is 1.78 bits per heavy atom. The van der Waals surface area contributed by atoms with Gasteiger partial charge in [-0.3, -0.25) is 0 Å². The van der Waals surface area contributed by atoms with E-state index < -0.39 is 0 Å². The van der Waals surface area contributed by atoms with E-state index in [0.717, 1.165) is 11.8 Å². The van der Waals surface area contributed by atoms with E-state index in [4.69, 9.17) is 0 Å². The van der Waals surface area contributed by atoms with Crippen LogP contribution in [0.25, 0.3) is 0 Å². The van der Waals surface area contributed by atoms with E-state index >= 15 is 0 Å². The van der Waals surface area contributed by atoms with Crippen molar-refractivity contribution in [3.05, 3.63) is 23.3 Å². The molecule has 0 aromatic carbocycles. The van der Waals surface area contributed by atoms with Crippen LogP contribution in [0, 0.1) is 17.3 Å². The highest BCUT2D eigenvalue weighted by atomic mass is 14.4. The summed E-state index contributed by atoms with van der Waals surface area (Å²) in [5, 5.41) is 0. The van der Waals surface area contributed by atoms with E-state index in [0.29, 0.717) is 5.41 Å². The second kappa shape index (κ2) is 5.63. The van der Waals surface area contributed by atoms with Crippen molar-refractivity contribution in [2.75, 3.05) is 0 Å². The third-order valence-electron chi connectivity index (χ3n) is 5.20. The van der Waals surface area contributed by atoms with Gasteiger partial charge in [0.15, 0.2) is 0 Å². The zero-order chi connectivity index (χ0) is 13.2. The molecule has 2 aliphatic rings. The van der Waals surface area contributed by atoms with E-state index in [-0.39, 0.29) is 0 Å². The lowest BCUT2D eigenvalue weighted by Gasteiger charge is -2.39. The molecule has 2 aliphatic carbocycles. The molecule has 2 atom stereocenters. The predicted octanol–water partition coefficient (Wildman–Crippen LogP) is 5.90. The van der Waals surface area contributed by atoms with Gasteiger partial charge in [-0.1, -0.05) is 44.1 Å². The fraction of sp³-hybridized carbons (Fsp3) is 0.778. The average molecular weight is 246 g/mol. The largest absolute Gasteiger partial charge is 0.0853 e. The fourth-order valence-corrected chi connectivity index (χ4v) is 4.02. The van der Waals surface area contributed by atoms with Gasteiger partial charge in [-0.15, -0.1) is 0 Å². The predicted molar refractivity (Wildman–Crippen MR) is 80.6 cm³/mol.